The third kappa shape index (κ3) is 2.03. The summed E-state index contributed by atoms with van der Waals surface area (Å²) in [6.45, 7) is 3.18. The monoisotopic (exact) mass is 277 g/mol. The molecule has 4 rings (SSSR count). The Morgan fingerprint density at radius 1 is 0.850 bits per heavy atom. The van der Waals surface area contributed by atoms with Gasteiger partial charge in [0.15, 0.2) is 0 Å². The van der Waals surface area contributed by atoms with Gasteiger partial charge in [0, 0.05) is 31.7 Å². The molecule has 3 aliphatic heterocycles. The standard InChI is InChI=1S/C15H23N3O2/c19-14-10-18(12-6-8-16(9-12)11-4-5-11)15(20)13-3-1-2-7-17(13)14/h11-13H,1-10H2. The smallest absolute Gasteiger partial charge is 0.246 e. The highest BCUT2D eigenvalue weighted by atomic mass is 16.2. The maximum Gasteiger partial charge on any atom is 0.246 e. The van der Waals surface area contributed by atoms with Crippen molar-refractivity contribution in [1.29, 1.82) is 0 Å². The molecule has 4 aliphatic rings. The zero-order valence-corrected chi connectivity index (χ0v) is 12.0. The van der Waals surface area contributed by atoms with Gasteiger partial charge in [0.25, 0.3) is 0 Å². The Morgan fingerprint density at radius 3 is 2.50 bits per heavy atom. The highest BCUT2D eigenvalue weighted by molar-refractivity contribution is 5.95. The number of hydrogen-bond acceptors (Lipinski definition) is 3. The molecule has 3 saturated heterocycles. The summed E-state index contributed by atoms with van der Waals surface area (Å²) in [5.41, 5.74) is 0. The van der Waals surface area contributed by atoms with E-state index in [-0.39, 0.29) is 23.9 Å². The number of carbonyl (C=O) groups is 2. The molecule has 0 N–H and O–H groups in total. The average molecular weight is 277 g/mol. The van der Waals surface area contributed by atoms with E-state index in [9.17, 15) is 9.59 Å². The van der Waals surface area contributed by atoms with Crippen molar-refractivity contribution < 1.29 is 9.59 Å². The van der Waals surface area contributed by atoms with Crippen molar-refractivity contribution in [3.05, 3.63) is 0 Å². The first-order valence-corrected chi connectivity index (χ1v) is 8.08. The van der Waals surface area contributed by atoms with Crippen LogP contribution in [0.25, 0.3) is 0 Å². The van der Waals surface area contributed by atoms with Gasteiger partial charge in [0.05, 0.1) is 0 Å². The van der Waals surface area contributed by atoms with Gasteiger partial charge in [-0.15, -0.1) is 0 Å². The molecule has 2 atom stereocenters. The van der Waals surface area contributed by atoms with E-state index >= 15 is 0 Å². The number of fused-ring (bicyclic) bond motifs is 1. The van der Waals surface area contributed by atoms with Crippen molar-refractivity contribution >= 4 is 11.8 Å². The topological polar surface area (TPSA) is 43.9 Å². The van der Waals surface area contributed by atoms with Gasteiger partial charge in [0.1, 0.15) is 12.6 Å². The third-order valence-electron chi connectivity index (χ3n) is 5.40. The summed E-state index contributed by atoms with van der Waals surface area (Å²) in [4.78, 5) is 31.2. The Labute approximate surface area is 119 Å². The summed E-state index contributed by atoms with van der Waals surface area (Å²) >= 11 is 0. The SMILES string of the molecule is O=C1C2CCCCN2C(=O)CN1C1CCN(C2CC2)C1. The summed E-state index contributed by atoms with van der Waals surface area (Å²) in [6.07, 6.45) is 6.66. The van der Waals surface area contributed by atoms with E-state index in [1.807, 2.05) is 9.80 Å². The maximum atomic E-state index is 12.7. The van der Waals surface area contributed by atoms with Gasteiger partial charge >= 0.3 is 0 Å². The molecule has 20 heavy (non-hydrogen) atoms. The van der Waals surface area contributed by atoms with Crippen LogP contribution in [0.5, 0.6) is 0 Å². The number of carbonyl (C=O) groups excluding carboxylic acids is 2. The van der Waals surface area contributed by atoms with E-state index in [1.54, 1.807) is 0 Å². The largest absolute Gasteiger partial charge is 0.329 e. The first-order chi connectivity index (χ1) is 9.74. The predicted octanol–water partition coefficient (Wildman–Crippen LogP) is 0.446. The van der Waals surface area contributed by atoms with Crippen LogP contribution in [-0.4, -0.2) is 70.8 Å². The fraction of sp³-hybridized carbons (Fsp3) is 0.867. The second-order valence-corrected chi connectivity index (χ2v) is 6.73. The quantitative estimate of drug-likeness (QED) is 0.736. The number of rotatable bonds is 2. The Hall–Kier alpha value is -1.10. The molecule has 1 aliphatic carbocycles. The van der Waals surface area contributed by atoms with Crippen LogP contribution in [0.2, 0.25) is 0 Å². The van der Waals surface area contributed by atoms with Gasteiger partial charge in [0.2, 0.25) is 11.8 Å². The van der Waals surface area contributed by atoms with Crippen LogP contribution in [-0.2, 0) is 9.59 Å². The fourth-order valence-electron chi connectivity index (χ4n) is 4.10. The normalized spacial score (nSPS) is 35.6. The summed E-state index contributed by atoms with van der Waals surface area (Å²) < 4.78 is 0. The molecule has 2 unspecified atom stereocenters. The Morgan fingerprint density at radius 2 is 1.70 bits per heavy atom. The number of piperidine rings is 1. The molecule has 0 aromatic carbocycles. The molecule has 0 aromatic rings. The first kappa shape index (κ1) is 12.6. The van der Waals surface area contributed by atoms with Crippen molar-refractivity contribution in [2.24, 2.45) is 0 Å². The summed E-state index contributed by atoms with van der Waals surface area (Å²) in [5, 5.41) is 0. The van der Waals surface area contributed by atoms with Crippen LogP contribution in [0.4, 0.5) is 0 Å². The molecule has 5 nitrogen and oxygen atoms in total. The van der Waals surface area contributed by atoms with Crippen LogP contribution in [0.15, 0.2) is 0 Å². The molecule has 4 fully saturated rings. The molecule has 5 heteroatoms. The Bertz CT molecular complexity index is 435. The van der Waals surface area contributed by atoms with Gasteiger partial charge in [-0.1, -0.05) is 0 Å². The van der Waals surface area contributed by atoms with E-state index in [0.717, 1.165) is 51.4 Å². The predicted molar refractivity (Wildman–Crippen MR) is 74.1 cm³/mol. The second kappa shape index (κ2) is 4.72. The fourth-order valence-corrected chi connectivity index (χ4v) is 4.10. The highest BCUT2D eigenvalue weighted by Crippen LogP contribution is 2.32. The lowest BCUT2D eigenvalue weighted by molar-refractivity contribution is -0.159. The second-order valence-electron chi connectivity index (χ2n) is 6.73. The Balaban J connectivity index is 1.48. The lowest BCUT2D eigenvalue weighted by Gasteiger charge is -2.44. The summed E-state index contributed by atoms with van der Waals surface area (Å²) in [7, 11) is 0. The van der Waals surface area contributed by atoms with Crippen molar-refractivity contribution in [3.8, 4) is 0 Å². The number of piperazine rings is 1. The van der Waals surface area contributed by atoms with Gasteiger partial charge < -0.3 is 9.80 Å². The highest BCUT2D eigenvalue weighted by Gasteiger charge is 2.45. The van der Waals surface area contributed by atoms with Crippen LogP contribution >= 0.6 is 0 Å². The maximum absolute atomic E-state index is 12.7. The van der Waals surface area contributed by atoms with Crippen LogP contribution in [0.1, 0.15) is 38.5 Å². The molecule has 0 bridgehead atoms. The zero-order chi connectivity index (χ0) is 13.7. The molecule has 0 radical (unpaired) electrons. The van der Waals surface area contributed by atoms with Crippen LogP contribution < -0.4 is 0 Å². The Kier molecular flexibility index (Phi) is 2.98. The number of nitrogens with zero attached hydrogens (tertiary/aromatic N) is 3. The number of amides is 2. The van der Waals surface area contributed by atoms with E-state index in [0.29, 0.717) is 6.54 Å². The van der Waals surface area contributed by atoms with Gasteiger partial charge in [-0.2, -0.15) is 0 Å². The molecular formula is C15H23N3O2. The third-order valence-corrected chi connectivity index (χ3v) is 5.40. The minimum Gasteiger partial charge on any atom is -0.329 e. The van der Waals surface area contributed by atoms with Crippen LogP contribution in [0, 0.1) is 0 Å². The molecule has 110 valence electrons. The molecule has 0 aromatic heterocycles. The molecular weight excluding hydrogens is 254 g/mol. The first-order valence-electron chi connectivity index (χ1n) is 8.08. The van der Waals surface area contributed by atoms with E-state index in [1.165, 1.54) is 12.8 Å². The molecule has 3 heterocycles. The summed E-state index contributed by atoms with van der Waals surface area (Å²) in [5.74, 6) is 0.381. The van der Waals surface area contributed by atoms with Crippen LogP contribution in [0.3, 0.4) is 0 Å². The van der Waals surface area contributed by atoms with E-state index in [2.05, 4.69) is 4.90 Å². The van der Waals surface area contributed by atoms with Crippen molar-refractivity contribution in [3.63, 3.8) is 0 Å². The van der Waals surface area contributed by atoms with Gasteiger partial charge in [-0.05, 0) is 38.5 Å². The number of hydrogen-bond donors (Lipinski definition) is 0. The van der Waals surface area contributed by atoms with Gasteiger partial charge in [-0.3, -0.25) is 14.5 Å². The lowest BCUT2D eigenvalue weighted by atomic mass is 9.97. The molecule has 2 amide bonds. The van der Waals surface area contributed by atoms with Crippen molar-refractivity contribution in [2.45, 2.75) is 56.7 Å². The minimum atomic E-state index is -0.153. The van der Waals surface area contributed by atoms with E-state index < -0.39 is 0 Å². The minimum absolute atomic E-state index is 0.153. The lowest BCUT2D eigenvalue weighted by Crippen LogP contribution is -2.63. The van der Waals surface area contributed by atoms with Crippen molar-refractivity contribution in [2.75, 3.05) is 26.2 Å². The van der Waals surface area contributed by atoms with Gasteiger partial charge in [-0.25, -0.2) is 0 Å². The zero-order valence-electron chi connectivity index (χ0n) is 12.0. The van der Waals surface area contributed by atoms with E-state index in [4.69, 9.17) is 0 Å². The molecule has 0 spiro atoms. The average Bonchev–Trinajstić information content (AvgIpc) is 3.21. The van der Waals surface area contributed by atoms with Crippen molar-refractivity contribution in [1.82, 2.24) is 14.7 Å². The molecule has 1 saturated carbocycles. The summed E-state index contributed by atoms with van der Waals surface area (Å²) in [6, 6.07) is 0.887. The number of likely N-dealkylation sites (tertiary alicyclic amines) is 1.